The van der Waals surface area contributed by atoms with Gasteiger partial charge in [0, 0.05) is 58.4 Å². The van der Waals surface area contributed by atoms with Crippen molar-refractivity contribution >= 4 is 0 Å². The number of ether oxygens (including phenoxy) is 12. The molecule has 0 radical (unpaired) electrons. The van der Waals surface area contributed by atoms with Gasteiger partial charge in [-0.1, -0.05) is 135 Å². The van der Waals surface area contributed by atoms with Crippen LogP contribution in [0.1, 0.15) is 286 Å². The summed E-state index contributed by atoms with van der Waals surface area (Å²) in [5.41, 5.74) is -1.55. The molecule has 13 heteroatoms. The van der Waals surface area contributed by atoms with Crippen LogP contribution in [-0.4, -0.2) is 125 Å². The Labute approximate surface area is 482 Å². The molecule has 0 heterocycles. The zero-order chi connectivity index (χ0) is 58.9. The van der Waals surface area contributed by atoms with E-state index in [1.54, 1.807) is 0 Å². The molecule has 78 heavy (non-hydrogen) atoms. The molecule has 11 atom stereocenters. The van der Waals surface area contributed by atoms with Crippen molar-refractivity contribution in [2.45, 2.75) is 352 Å². The molecular formula is C65H132O13. The number of hydrogen-bond donors (Lipinski definition) is 1. The molecule has 0 aromatic carbocycles. The van der Waals surface area contributed by atoms with Crippen molar-refractivity contribution < 1.29 is 61.9 Å². The molecule has 11 unspecified atom stereocenters. The average Bonchev–Trinajstić information content (AvgIpc) is 3.39. The highest BCUT2D eigenvalue weighted by Gasteiger charge is 2.51. The molecule has 0 spiro atoms. The normalized spacial score (nSPS) is 17.8. The number of aliphatic hydroxyl groups is 1. The van der Waals surface area contributed by atoms with Crippen LogP contribution in [0.5, 0.6) is 0 Å². The fraction of sp³-hybridized carbons (Fsp3) is 1.00. The summed E-state index contributed by atoms with van der Waals surface area (Å²) in [5.74, 6) is -1.10. The van der Waals surface area contributed by atoms with Crippen LogP contribution in [0.15, 0.2) is 0 Å². The predicted octanol–water partition coefficient (Wildman–Crippen LogP) is 17.0. The molecule has 0 aromatic rings. The van der Waals surface area contributed by atoms with Gasteiger partial charge in [-0.15, -0.1) is 0 Å². The zero-order valence-corrected chi connectivity index (χ0v) is 54.7. The summed E-state index contributed by atoms with van der Waals surface area (Å²) in [4.78, 5) is 0. The third-order valence-electron chi connectivity index (χ3n) is 14.9. The highest BCUT2D eigenvalue weighted by atomic mass is 16.8. The van der Waals surface area contributed by atoms with Crippen molar-refractivity contribution in [2.75, 3.05) is 52.9 Å². The summed E-state index contributed by atoms with van der Waals surface area (Å²) in [6.07, 6.45) is 16.7. The molecule has 0 amide bonds. The van der Waals surface area contributed by atoms with Gasteiger partial charge in [0.15, 0.2) is 37.2 Å². The van der Waals surface area contributed by atoms with Crippen molar-refractivity contribution in [1.29, 1.82) is 0 Å². The van der Waals surface area contributed by atoms with Crippen molar-refractivity contribution in [1.82, 2.24) is 0 Å². The molecular weight excluding hydrogens is 989 g/mol. The average molecular weight is 1120 g/mol. The van der Waals surface area contributed by atoms with Gasteiger partial charge in [-0.3, -0.25) is 0 Å². The van der Waals surface area contributed by atoms with Crippen LogP contribution < -0.4 is 0 Å². The number of aliphatic hydroxyl groups excluding tert-OH is 1. The largest absolute Gasteiger partial charge is 0.381 e. The second-order valence-electron chi connectivity index (χ2n) is 24.7. The zero-order valence-electron chi connectivity index (χ0n) is 54.7. The first-order valence-electron chi connectivity index (χ1n) is 32.4. The standard InChI is InChI=1S/C65H132O13/c1-20-29-35-49-73-65(28-9,72-44-24-5)63(17,18)77-59(53(12)41-42-56(74-54(13)25-6)70-48-38-37-47-68-52(10)11)61(71-46-31-22-3)76-57(40-34-32-33-36-45-67-51-62(14,15)16)75-58(69-43-23-4)50-64(19,27-8)78-60(66)55(26-7)39-30-21-2/h52-61,66H,20-51H2,1-19H3. The van der Waals surface area contributed by atoms with Gasteiger partial charge >= 0.3 is 0 Å². The Balaban J connectivity index is 7.67. The summed E-state index contributed by atoms with van der Waals surface area (Å²) in [6.45, 7) is 45.6. The van der Waals surface area contributed by atoms with Gasteiger partial charge in [0.1, 0.15) is 11.7 Å². The minimum atomic E-state index is -1.04. The first kappa shape index (κ1) is 77.5. The second kappa shape index (κ2) is 45.9. The minimum absolute atomic E-state index is 0.0360. The van der Waals surface area contributed by atoms with E-state index in [1.807, 2.05) is 0 Å². The Morgan fingerprint density at radius 2 is 1.05 bits per heavy atom. The fourth-order valence-electron chi connectivity index (χ4n) is 9.31. The van der Waals surface area contributed by atoms with E-state index in [-0.39, 0.29) is 29.5 Å². The van der Waals surface area contributed by atoms with Gasteiger partial charge in [0.05, 0.1) is 31.0 Å². The summed E-state index contributed by atoms with van der Waals surface area (Å²) >= 11 is 0. The maximum Gasteiger partial charge on any atom is 0.196 e. The SMILES string of the molecule is CCCCCOC(CC)(OCCC)C(C)(C)OC(C(C)CCC(OCCCCOC(C)C)OC(C)CC)C(OCCCC)OC(CCCCCCOCC(C)(C)C)OC(CC(C)(CC)OC(O)C(CC)CCCC)OCCC. The van der Waals surface area contributed by atoms with Crippen LogP contribution in [0, 0.1) is 17.3 Å². The van der Waals surface area contributed by atoms with Gasteiger partial charge in [0.2, 0.25) is 0 Å². The quantitative estimate of drug-likeness (QED) is 0.0458. The maximum absolute atomic E-state index is 11.6. The lowest BCUT2D eigenvalue weighted by Gasteiger charge is -2.48. The van der Waals surface area contributed by atoms with Crippen molar-refractivity contribution in [3.05, 3.63) is 0 Å². The minimum Gasteiger partial charge on any atom is -0.381 e. The lowest BCUT2D eigenvalue weighted by Crippen LogP contribution is -2.59. The monoisotopic (exact) mass is 1120 g/mol. The summed E-state index contributed by atoms with van der Waals surface area (Å²) in [5, 5.41) is 11.6. The van der Waals surface area contributed by atoms with E-state index < -0.39 is 54.5 Å². The van der Waals surface area contributed by atoms with Crippen LogP contribution in [0.4, 0.5) is 0 Å². The molecule has 0 aromatic heterocycles. The van der Waals surface area contributed by atoms with Gasteiger partial charge in [-0.2, -0.15) is 0 Å². The van der Waals surface area contributed by atoms with E-state index in [9.17, 15) is 5.11 Å². The molecule has 0 aliphatic rings. The van der Waals surface area contributed by atoms with E-state index in [0.717, 1.165) is 129 Å². The molecule has 1 N–H and O–H groups in total. The smallest absolute Gasteiger partial charge is 0.196 e. The van der Waals surface area contributed by atoms with Gasteiger partial charge < -0.3 is 61.9 Å². The third kappa shape index (κ3) is 35.6. The highest BCUT2D eigenvalue weighted by molar-refractivity contribution is 4.92. The van der Waals surface area contributed by atoms with Crippen LogP contribution in [0.25, 0.3) is 0 Å². The molecule has 470 valence electrons. The van der Waals surface area contributed by atoms with E-state index in [0.29, 0.717) is 78.2 Å². The lowest BCUT2D eigenvalue weighted by molar-refractivity contribution is -0.367. The molecule has 0 saturated heterocycles. The first-order valence-corrected chi connectivity index (χ1v) is 32.4. The number of unbranched alkanes of at least 4 members (excludes halogenated alkanes) is 8. The summed E-state index contributed by atoms with van der Waals surface area (Å²) in [6, 6.07) is 0. The maximum atomic E-state index is 11.6. The highest BCUT2D eigenvalue weighted by Crippen LogP contribution is 2.40. The van der Waals surface area contributed by atoms with Crippen LogP contribution in [-0.2, 0) is 56.8 Å². The first-order chi connectivity index (χ1) is 37.1. The van der Waals surface area contributed by atoms with E-state index >= 15 is 0 Å². The summed E-state index contributed by atoms with van der Waals surface area (Å²) in [7, 11) is 0. The van der Waals surface area contributed by atoms with E-state index in [4.69, 9.17) is 56.8 Å². The third-order valence-corrected chi connectivity index (χ3v) is 14.9. The molecule has 0 fully saturated rings. The fourth-order valence-corrected chi connectivity index (χ4v) is 9.31. The Bertz CT molecular complexity index is 1330. The van der Waals surface area contributed by atoms with Gasteiger partial charge in [-0.25, -0.2) is 0 Å². The van der Waals surface area contributed by atoms with Crippen LogP contribution >= 0.6 is 0 Å². The molecule has 0 aliphatic heterocycles. The Hall–Kier alpha value is -0.520. The van der Waals surface area contributed by atoms with Crippen LogP contribution in [0.2, 0.25) is 0 Å². The number of rotatable bonds is 56. The molecule has 13 nitrogen and oxygen atoms in total. The topological polar surface area (TPSA) is 131 Å². The Morgan fingerprint density at radius 1 is 0.449 bits per heavy atom. The van der Waals surface area contributed by atoms with Crippen molar-refractivity contribution in [2.24, 2.45) is 17.3 Å². The Kier molecular flexibility index (Phi) is 45.5. The molecule has 0 aliphatic carbocycles. The van der Waals surface area contributed by atoms with Crippen molar-refractivity contribution in [3.63, 3.8) is 0 Å². The van der Waals surface area contributed by atoms with Gasteiger partial charge in [0.25, 0.3) is 0 Å². The van der Waals surface area contributed by atoms with E-state index in [1.165, 1.54) is 0 Å². The molecule has 0 bridgehead atoms. The van der Waals surface area contributed by atoms with Gasteiger partial charge in [-0.05, 0) is 149 Å². The predicted molar refractivity (Wildman–Crippen MR) is 321 cm³/mol. The number of hydrogen-bond acceptors (Lipinski definition) is 13. The molecule has 0 rings (SSSR count). The van der Waals surface area contributed by atoms with E-state index in [2.05, 4.69) is 132 Å². The second-order valence-corrected chi connectivity index (χ2v) is 24.7. The molecule has 0 saturated carbocycles. The lowest BCUT2D eigenvalue weighted by atomic mass is 9.91. The Morgan fingerprint density at radius 3 is 1.64 bits per heavy atom. The van der Waals surface area contributed by atoms with Crippen LogP contribution in [0.3, 0.4) is 0 Å². The summed E-state index contributed by atoms with van der Waals surface area (Å²) < 4.78 is 81.1. The van der Waals surface area contributed by atoms with Crippen molar-refractivity contribution in [3.8, 4) is 0 Å².